The Hall–Kier alpha value is -2.97. The largest absolute Gasteiger partial charge is 0.508 e. The zero-order chi connectivity index (χ0) is 23.7. The van der Waals surface area contributed by atoms with Gasteiger partial charge in [0, 0.05) is 16.5 Å². The predicted molar refractivity (Wildman–Crippen MR) is 128 cm³/mol. The molecule has 0 fully saturated rings. The Labute approximate surface area is 193 Å². The molecule has 2 aliphatic heterocycles. The van der Waals surface area contributed by atoms with E-state index in [0.717, 1.165) is 34.1 Å². The van der Waals surface area contributed by atoms with Crippen molar-refractivity contribution in [3.63, 3.8) is 0 Å². The molecule has 0 saturated carbocycles. The maximum absolute atomic E-state index is 13.7. The van der Waals surface area contributed by atoms with E-state index in [0.29, 0.717) is 29.8 Å². The number of phenolic OH excluding ortho intramolecular Hbond substituents is 1. The molecular formula is C25H28N2O5Si. The fourth-order valence-electron chi connectivity index (χ4n) is 5.23. The number of aromatic nitrogens is 2. The number of fused-ring (bicyclic) bond motifs is 5. The van der Waals surface area contributed by atoms with E-state index >= 15 is 0 Å². The maximum atomic E-state index is 13.7. The number of pyridine rings is 2. The predicted octanol–water partition coefficient (Wildman–Crippen LogP) is 4.21. The summed E-state index contributed by atoms with van der Waals surface area (Å²) in [6, 6.07) is 7.07. The first-order chi connectivity index (χ1) is 15.6. The molecule has 0 radical (unpaired) electrons. The van der Waals surface area contributed by atoms with E-state index < -0.39 is 19.9 Å². The Balaban J connectivity index is 1.81. The summed E-state index contributed by atoms with van der Waals surface area (Å²) < 4.78 is 13.7. The van der Waals surface area contributed by atoms with Crippen molar-refractivity contribution in [2.75, 3.05) is 0 Å². The van der Waals surface area contributed by atoms with Crippen molar-refractivity contribution < 1.29 is 19.1 Å². The highest BCUT2D eigenvalue weighted by Gasteiger charge is 2.50. The van der Waals surface area contributed by atoms with Crippen molar-refractivity contribution in [2.45, 2.75) is 65.1 Å². The first-order valence-electron chi connectivity index (χ1n) is 11.4. The quantitative estimate of drug-likeness (QED) is 0.359. The van der Waals surface area contributed by atoms with Gasteiger partial charge in [0.25, 0.3) is 5.56 Å². The number of benzene rings is 1. The Morgan fingerprint density at radius 1 is 1.18 bits per heavy atom. The van der Waals surface area contributed by atoms with Crippen LogP contribution in [-0.2, 0) is 39.1 Å². The number of aryl methyl sites for hydroxylation is 1. The third-order valence-electron chi connectivity index (χ3n) is 6.59. The third-order valence-corrected chi connectivity index (χ3v) is 7.55. The molecule has 2 aliphatic rings. The molecule has 0 bridgehead atoms. The number of hydrogen-bond acceptors (Lipinski definition) is 6. The Morgan fingerprint density at radius 2 is 1.94 bits per heavy atom. The lowest BCUT2D eigenvalue weighted by Crippen LogP contribution is -2.51. The van der Waals surface area contributed by atoms with E-state index in [1.54, 1.807) is 22.8 Å². The zero-order valence-corrected chi connectivity index (χ0v) is 20.6. The maximum Gasteiger partial charge on any atom is 0.342 e. The van der Waals surface area contributed by atoms with Crippen molar-refractivity contribution in [1.82, 2.24) is 9.55 Å². The number of aromatic hydroxyl groups is 1. The average molecular weight is 465 g/mol. The standard InChI is InChI=1S/C25H28N2O5Si/c1-6-15-16-10-14(28)8-9-20(16)26-22-17(15)12-27-21(22)11-19-18(23(27)29)13-31-24(30)25(19,7-2)32-33(3,4)5/h8-11,28H,6-7,12-13H2,1-5H3/t25-/m0/s1. The molecule has 1 atom stereocenters. The summed E-state index contributed by atoms with van der Waals surface area (Å²) in [6.45, 7) is 10.4. The lowest BCUT2D eigenvalue weighted by molar-refractivity contribution is -0.169. The fraction of sp³-hybridized carbons (Fsp3) is 0.400. The van der Waals surface area contributed by atoms with Crippen molar-refractivity contribution in [1.29, 1.82) is 0 Å². The molecular weight excluding hydrogens is 436 g/mol. The minimum atomic E-state index is -2.17. The van der Waals surface area contributed by atoms with E-state index in [9.17, 15) is 14.7 Å². The fourth-order valence-corrected chi connectivity index (χ4v) is 6.62. The Morgan fingerprint density at radius 3 is 2.61 bits per heavy atom. The van der Waals surface area contributed by atoms with Crippen LogP contribution in [0.25, 0.3) is 22.3 Å². The summed E-state index contributed by atoms with van der Waals surface area (Å²) in [5.41, 5.74) is 3.90. The summed E-state index contributed by atoms with van der Waals surface area (Å²) in [7, 11) is -2.17. The van der Waals surface area contributed by atoms with Gasteiger partial charge in [0.15, 0.2) is 13.9 Å². The van der Waals surface area contributed by atoms with Gasteiger partial charge in [0.05, 0.1) is 29.0 Å². The smallest absolute Gasteiger partial charge is 0.342 e. The first-order valence-corrected chi connectivity index (χ1v) is 14.8. The molecule has 5 rings (SSSR count). The molecule has 8 heteroatoms. The van der Waals surface area contributed by atoms with Crippen LogP contribution in [0.1, 0.15) is 42.5 Å². The molecule has 172 valence electrons. The normalized spacial score (nSPS) is 19.2. The van der Waals surface area contributed by atoms with Gasteiger partial charge < -0.3 is 18.8 Å². The number of nitrogens with zero attached hydrogens (tertiary/aromatic N) is 2. The number of esters is 1. The molecule has 0 saturated heterocycles. The van der Waals surface area contributed by atoms with E-state index in [-0.39, 0.29) is 17.9 Å². The lowest BCUT2D eigenvalue weighted by atomic mass is 9.86. The minimum absolute atomic E-state index is 0.0512. The van der Waals surface area contributed by atoms with Crippen LogP contribution in [0, 0.1) is 0 Å². The second-order valence-electron chi connectivity index (χ2n) is 9.76. The minimum Gasteiger partial charge on any atom is -0.508 e. The summed E-state index contributed by atoms with van der Waals surface area (Å²) in [4.78, 5) is 31.6. The Kier molecular flexibility index (Phi) is 4.81. The third kappa shape index (κ3) is 3.15. The van der Waals surface area contributed by atoms with Crippen LogP contribution >= 0.6 is 0 Å². The number of phenols is 1. The topological polar surface area (TPSA) is 90.7 Å². The number of carbonyl (C=O) groups excluding carboxylic acids is 1. The second kappa shape index (κ2) is 7.26. The van der Waals surface area contributed by atoms with Gasteiger partial charge in [-0.2, -0.15) is 0 Å². The zero-order valence-electron chi connectivity index (χ0n) is 19.6. The molecule has 3 aromatic rings. The van der Waals surface area contributed by atoms with E-state index in [2.05, 4.69) is 6.92 Å². The number of carbonyl (C=O) groups is 1. The first kappa shape index (κ1) is 21.9. The monoisotopic (exact) mass is 464 g/mol. The number of rotatable bonds is 4. The van der Waals surface area contributed by atoms with Crippen LogP contribution < -0.4 is 5.56 Å². The highest BCUT2D eigenvalue weighted by molar-refractivity contribution is 6.70. The van der Waals surface area contributed by atoms with Gasteiger partial charge in [-0.3, -0.25) is 4.79 Å². The van der Waals surface area contributed by atoms with Crippen LogP contribution in [0.15, 0.2) is 29.1 Å². The van der Waals surface area contributed by atoms with Gasteiger partial charge in [0.1, 0.15) is 12.4 Å². The van der Waals surface area contributed by atoms with Crippen molar-refractivity contribution in [2.24, 2.45) is 0 Å². The van der Waals surface area contributed by atoms with E-state index in [4.69, 9.17) is 14.1 Å². The van der Waals surface area contributed by atoms with Crippen LogP contribution in [0.4, 0.5) is 0 Å². The van der Waals surface area contributed by atoms with Gasteiger partial charge in [-0.05, 0) is 62.3 Å². The van der Waals surface area contributed by atoms with Gasteiger partial charge in [-0.25, -0.2) is 9.78 Å². The highest BCUT2D eigenvalue weighted by atomic mass is 28.4. The molecule has 33 heavy (non-hydrogen) atoms. The van der Waals surface area contributed by atoms with Gasteiger partial charge in [-0.1, -0.05) is 13.8 Å². The molecule has 2 aromatic heterocycles. The second-order valence-corrected chi connectivity index (χ2v) is 14.2. The lowest BCUT2D eigenvalue weighted by Gasteiger charge is -2.40. The van der Waals surface area contributed by atoms with Crippen LogP contribution in [0.5, 0.6) is 5.75 Å². The Bertz CT molecular complexity index is 1390. The summed E-state index contributed by atoms with van der Waals surface area (Å²) in [5.74, 6) is -0.243. The van der Waals surface area contributed by atoms with Crippen molar-refractivity contribution in [3.8, 4) is 17.1 Å². The van der Waals surface area contributed by atoms with Crippen LogP contribution in [0.2, 0.25) is 19.6 Å². The average Bonchev–Trinajstić information content (AvgIpc) is 3.12. The summed E-state index contributed by atoms with van der Waals surface area (Å²) >= 11 is 0. The van der Waals surface area contributed by atoms with Gasteiger partial charge in [0.2, 0.25) is 0 Å². The molecule has 7 nitrogen and oxygen atoms in total. The molecule has 0 aliphatic carbocycles. The molecule has 0 unspecified atom stereocenters. The van der Waals surface area contributed by atoms with E-state index in [1.165, 1.54) is 0 Å². The SMILES string of the molecule is CCc1c2c(nc3ccc(O)cc13)-c1cc3c(c(=O)n1C2)COC(=O)[C@@]3(CC)O[Si](C)(C)C. The summed E-state index contributed by atoms with van der Waals surface area (Å²) in [6.07, 6.45) is 1.12. The molecule has 0 spiro atoms. The van der Waals surface area contributed by atoms with Crippen LogP contribution in [0.3, 0.4) is 0 Å². The van der Waals surface area contributed by atoms with Gasteiger partial charge in [-0.15, -0.1) is 0 Å². The molecule has 1 N–H and O–H groups in total. The van der Waals surface area contributed by atoms with Crippen molar-refractivity contribution >= 4 is 25.2 Å². The van der Waals surface area contributed by atoms with E-state index in [1.807, 2.05) is 32.6 Å². The molecule has 1 aromatic carbocycles. The summed E-state index contributed by atoms with van der Waals surface area (Å²) in [5, 5.41) is 10.9. The number of cyclic esters (lactones) is 1. The molecule has 4 heterocycles. The highest BCUT2D eigenvalue weighted by Crippen LogP contribution is 2.43. The number of ether oxygens (including phenoxy) is 1. The number of hydrogen-bond donors (Lipinski definition) is 1. The molecule has 0 amide bonds. The van der Waals surface area contributed by atoms with Gasteiger partial charge >= 0.3 is 5.97 Å². The van der Waals surface area contributed by atoms with Crippen LogP contribution in [-0.4, -0.2) is 28.9 Å². The van der Waals surface area contributed by atoms with Crippen molar-refractivity contribution in [3.05, 3.63) is 56.9 Å².